The van der Waals surface area contributed by atoms with Gasteiger partial charge in [-0.3, -0.25) is 14.9 Å². The van der Waals surface area contributed by atoms with Crippen LogP contribution in [0.2, 0.25) is 20.1 Å². The van der Waals surface area contributed by atoms with E-state index >= 15 is 0 Å². The molecule has 0 saturated heterocycles. The lowest BCUT2D eigenvalue weighted by Gasteiger charge is -2.11. The number of rotatable bonds is 7. The number of hydrogen-bond acceptors (Lipinski definition) is 5. The Bertz CT molecular complexity index is 1330. The van der Waals surface area contributed by atoms with Crippen LogP contribution < -0.4 is 10.1 Å². The lowest BCUT2D eigenvalue weighted by atomic mass is 10.1. The number of nitro groups is 1. The lowest BCUT2D eigenvalue weighted by molar-refractivity contribution is -0.384. The molecule has 7 nitrogen and oxygen atoms in total. The van der Waals surface area contributed by atoms with Crippen molar-refractivity contribution in [3.05, 3.63) is 102 Å². The van der Waals surface area contributed by atoms with Crippen molar-refractivity contribution in [3.63, 3.8) is 0 Å². The van der Waals surface area contributed by atoms with Crippen molar-refractivity contribution in [3.8, 4) is 11.8 Å². The van der Waals surface area contributed by atoms with E-state index < -0.39 is 10.8 Å². The van der Waals surface area contributed by atoms with Crippen LogP contribution in [0, 0.1) is 21.4 Å². The number of nitrogens with one attached hydrogen (secondary N) is 1. The zero-order valence-electron chi connectivity index (χ0n) is 17.0. The quantitative estimate of drug-likeness (QED) is 0.147. The number of amides is 1. The second kappa shape index (κ2) is 11.2. The van der Waals surface area contributed by atoms with Gasteiger partial charge in [-0.25, -0.2) is 0 Å². The molecule has 0 saturated carbocycles. The van der Waals surface area contributed by atoms with Crippen LogP contribution in [-0.2, 0) is 11.4 Å². The number of carbonyl (C=O) groups is 1. The van der Waals surface area contributed by atoms with E-state index in [-0.39, 0.29) is 38.7 Å². The first-order valence-corrected chi connectivity index (χ1v) is 10.9. The number of benzene rings is 3. The number of nitro benzene ring substituents is 1. The summed E-state index contributed by atoms with van der Waals surface area (Å²) in [6, 6.07) is 15.2. The Labute approximate surface area is 214 Å². The molecule has 0 aliphatic carbocycles. The number of non-ortho nitro benzene ring substituents is 1. The van der Waals surface area contributed by atoms with Crippen LogP contribution in [0.4, 0.5) is 11.4 Å². The van der Waals surface area contributed by atoms with E-state index in [1.807, 2.05) is 6.07 Å². The number of ether oxygens (including phenoxy) is 1. The van der Waals surface area contributed by atoms with E-state index in [2.05, 4.69) is 5.32 Å². The molecule has 0 aliphatic rings. The van der Waals surface area contributed by atoms with E-state index in [4.69, 9.17) is 51.1 Å². The summed E-state index contributed by atoms with van der Waals surface area (Å²) in [4.78, 5) is 22.9. The molecule has 0 radical (unpaired) electrons. The van der Waals surface area contributed by atoms with Crippen molar-refractivity contribution < 1.29 is 14.5 Å². The number of carbonyl (C=O) groups excluding carboxylic acids is 1. The van der Waals surface area contributed by atoms with Crippen molar-refractivity contribution in [2.24, 2.45) is 0 Å². The van der Waals surface area contributed by atoms with Crippen LogP contribution in [0.3, 0.4) is 0 Å². The number of hydrogen-bond donors (Lipinski definition) is 1. The predicted octanol–water partition coefficient (Wildman–Crippen LogP) is 7.33. The Hall–Kier alpha value is -3.28. The van der Waals surface area contributed by atoms with Crippen LogP contribution in [0.15, 0.2) is 60.2 Å². The van der Waals surface area contributed by atoms with E-state index in [0.717, 1.165) is 0 Å². The Kier molecular flexibility index (Phi) is 8.37. The minimum Gasteiger partial charge on any atom is -0.486 e. The molecule has 1 N–H and O–H groups in total. The van der Waals surface area contributed by atoms with Gasteiger partial charge in [0, 0.05) is 17.8 Å². The summed E-state index contributed by atoms with van der Waals surface area (Å²) in [5, 5.41) is 23.8. The molecule has 11 heteroatoms. The highest BCUT2D eigenvalue weighted by Gasteiger charge is 2.14. The van der Waals surface area contributed by atoms with Crippen LogP contribution >= 0.6 is 46.4 Å². The molecule has 0 aromatic heterocycles. The third-order valence-electron chi connectivity index (χ3n) is 4.38. The van der Waals surface area contributed by atoms with Crippen molar-refractivity contribution in [1.82, 2.24) is 0 Å². The standard InChI is InChI=1S/C23H13Cl4N3O4/c24-18-5-4-16(10-19(18)25)29-23(31)15(11-28)6-14-8-20(26)22(21(27)9-14)34-12-13-2-1-3-17(7-13)30(32)33/h1-10H,12H2,(H,29,31)/b15-6+. The molecule has 1 amide bonds. The van der Waals surface area contributed by atoms with Gasteiger partial charge in [-0.1, -0.05) is 58.5 Å². The van der Waals surface area contributed by atoms with E-state index in [1.165, 1.54) is 42.5 Å². The summed E-state index contributed by atoms with van der Waals surface area (Å²) in [5.74, 6) is -0.509. The van der Waals surface area contributed by atoms with Gasteiger partial charge in [-0.05, 0) is 47.5 Å². The van der Waals surface area contributed by atoms with Crippen LogP contribution in [0.25, 0.3) is 6.08 Å². The molecule has 0 heterocycles. The molecule has 3 aromatic carbocycles. The monoisotopic (exact) mass is 535 g/mol. The van der Waals surface area contributed by atoms with Gasteiger partial charge in [0.15, 0.2) is 5.75 Å². The van der Waals surface area contributed by atoms with Gasteiger partial charge in [0.05, 0.1) is 25.0 Å². The molecular weight excluding hydrogens is 524 g/mol. The van der Waals surface area contributed by atoms with Gasteiger partial charge >= 0.3 is 0 Å². The molecule has 3 aromatic rings. The van der Waals surface area contributed by atoms with E-state index in [9.17, 15) is 20.2 Å². The van der Waals surface area contributed by atoms with Crippen molar-refractivity contribution in [1.29, 1.82) is 5.26 Å². The normalized spacial score (nSPS) is 11.0. The summed E-state index contributed by atoms with van der Waals surface area (Å²) in [7, 11) is 0. The first-order chi connectivity index (χ1) is 16.2. The number of nitrogens with zero attached hydrogens (tertiary/aromatic N) is 2. The van der Waals surface area contributed by atoms with Gasteiger partial charge in [0.2, 0.25) is 0 Å². The minimum atomic E-state index is -0.667. The molecule has 0 fully saturated rings. The molecule has 0 spiro atoms. The minimum absolute atomic E-state index is 0.00813. The lowest BCUT2D eigenvalue weighted by Crippen LogP contribution is -2.13. The molecule has 172 valence electrons. The first kappa shape index (κ1) is 25.3. The topological polar surface area (TPSA) is 105 Å². The summed E-state index contributed by atoms with van der Waals surface area (Å²) >= 11 is 24.4. The Morgan fingerprint density at radius 3 is 2.35 bits per heavy atom. The highest BCUT2D eigenvalue weighted by molar-refractivity contribution is 6.42. The highest BCUT2D eigenvalue weighted by Crippen LogP contribution is 2.35. The number of halogens is 4. The zero-order valence-corrected chi connectivity index (χ0v) is 20.0. The molecule has 34 heavy (non-hydrogen) atoms. The maximum absolute atomic E-state index is 12.5. The smallest absolute Gasteiger partial charge is 0.269 e. The molecule has 0 unspecified atom stereocenters. The Balaban J connectivity index is 1.77. The summed E-state index contributed by atoms with van der Waals surface area (Å²) in [6.45, 7) is -0.00813. The van der Waals surface area contributed by atoms with E-state index in [1.54, 1.807) is 18.2 Å². The van der Waals surface area contributed by atoms with Gasteiger partial charge in [0.1, 0.15) is 18.2 Å². The zero-order chi connectivity index (χ0) is 24.8. The summed E-state index contributed by atoms with van der Waals surface area (Å²) in [5.41, 5.74) is 1.03. The highest BCUT2D eigenvalue weighted by atomic mass is 35.5. The average Bonchev–Trinajstić information content (AvgIpc) is 2.79. The molecule has 3 rings (SSSR count). The van der Waals surface area contributed by atoms with Gasteiger partial charge in [0.25, 0.3) is 11.6 Å². The SMILES string of the molecule is N#C/C(=C\c1cc(Cl)c(OCc2cccc([N+](=O)[O-])c2)c(Cl)c1)C(=O)Nc1ccc(Cl)c(Cl)c1. The fourth-order valence-corrected chi connectivity index (χ4v) is 3.71. The van der Waals surface area contributed by atoms with Crippen LogP contribution in [0.5, 0.6) is 5.75 Å². The largest absolute Gasteiger partial charge is 0.486 e. The molecule has 0 aliphatic heterocycles. The van der Waals surface area contributed by atoms with Crippen molar-refractivity contribution in [2.45, 2.75) is 6.61 Å². The second-order valence-electron chi connectivity index (χ2n) is 6.78. The second-order valence-corrected chi connectivity index (χ2v) is 8.41. The predicted molar refractivity (Wildman–Crippen MR) is 133 cm³/mol. The average molecular weight is 537 g/mol. The van der Waals surface area contributed by atoms with Gasteiger partial charge in [-0.2, -0.15) is 5.26 Å². The van der Waals surface area contributed by atoms with Gasteiger partial charge < -0.3 is 10.1 Å². The number of anilines is 1. The maximum atomic E-state index is 12.5. The molecular formula is C23H13Cl4N3O4. The number of nitriles is 1. The fourth-order valence-electron chi connectivity index (χ4n) is 2.80. The van der Waals surface area contributed by atoms with Crippen LogP contribution in [0.1, 0.15) is 11.1 Å². The Morgan fingerprint density at radius 2 is 1.74 bits per heavy atom. The first-order valence-electron chi connectivity index (χ1n) is 9.41. The molecule has 0 bridgehead atoms. The third-order valence-corrected chi connectivity index (χ3v) is 5.68. The summed E-state index contributed by atoms with van der Waals surface area (Å²) in [6.07, 6.45) is 1.31. The van der Waals surface area contributed by atoms with E-state index in [0.29, 0.717) is 21.8 Å². The Morgan fingerprint density at radius 1 is 1.03 bits per heavy atom. The summed E-state index contributed by atoms with van der Waals surface area (Å²) < 4.78 is 5.65. The maximum Gasteiger partial charge on any atom is 0.269 e. The fraction of sp³-hybridized carbons (Fsp3) is 0.0435. The third kappa shape index (κ3) is 6.40. The molecule has 0 atom stereocenters. The van der Waals surface area contributed by atoms with Gasteiger partial charge in [-0.15, -0.1) is 0 Å². The van der Waals surface area contributed by atoms with Crippen LogP contribution in [-0.4, -0.2) is 10.8 Å². The van der Waals surface area contributed by atoms with Crippen molar-refractivity contribution in [2.75, 3.05) is 5.32 Å². The van der Waals surface area contributed by atoms with Crippen molar-refractivity contribution >= 4 is 69.8 Å².